The number of hydrogen-bond acceptors (Lipinski definition) is 4. The van der Waals surface area contributed by atoms with Crippen molar-refractivity contribution in [2.75, 3.05) is 6.54 Å². The molecule has 2 aromatic heterocycles. The summed E-state index contributed by atoms with van der Waals surface area (Å²) in [6, 6.07) is 10.4. The fourth-order valence-corrected chi connectivity index (χ4v) is 3.34. The zero-order valence-corrected chi connectivity index (χ0v) is 14.5. The van der Waals surface area contributed by atoms with Gasteiger partial charge in [-0.3, -0.25) is 14.7 Å². The van der Waals surface area contributed by atoms with Crippen molar-refractivity contribution in [3.63, 3.8) is 0 Å². The number of H-pyrrole nitrogens is 1. The van der Waals surface area contributed by atoms with Crippen LogP contribution in [0.1, 0.15) is 22.6 Å². The second-order valence-electron chi connectivity index (χ2n) is 6.57. The lowest BCUT2D eigenvalue weighted by molar-refractivity contribution is 0.241. The summed E-state index contributed by atoms with van der Waals surface area (Å²) >= 11 is 0. The molecule has 1 aliphatic rings. The van der Waals surface area contributed by atoms with Crippen molar-refractivity contribution in [1.82, 2.24) is 19.9 Å². The van der Waals surface area contributed by atoms with E-state index in [-0.39, 0.29) is 11.4 Å². The van der Waals surface area contributed by atoms with Crippen LogP contribution in [0.4, 0.5) is 4.39 Å². The topological polar surface area (TPSA) is 61.9 Å². The Labute approximate surface area is 150 Å². The summed E-state index contributed by atoms with van der Waals surface area (Å²) in [5.74, 6) is 0.387. The van der Waals surface area contributed by atoms with Gasteiger partial charge in [0.1, 0.15) is 11.6 Å². The Bertz CT molecular complexity index is 997. The molecule has 0 unspecified atom stereocenters. The maximum atomic E-state index is 13.9. The normalized spacial score (nSPS) is 14.2. The van der Waals surface area contributed by atoms with E-state index in [1.165, 1.54) is 6.07 Å². The van der Waals surface area contributed by atoms with Crippen LogP contribution in [0.5, 0.6) is 0 Å². The molecule has 0 fully saturated rings. The van der Waals surface area contributed by atoms with Gasteiger partial charge in [-0.05, 0) is 30.7 Å². The Morgan fingerprint density at radius 1 is 1.23 bits per heavy atom. The van der Waals surface area contributed by atoms with Crippen LogP contribution in [0, 0.1) is 12.7 Å². The van der Waals surface area contributed by atoms with E-state index >= 15 is 0 Å². The van der Waals surface area contributed by atoms with Gasteiger partial charge < -0.3 is 4.98 Å². The molecule has 5 nitrogen and oxygen atoms in total. The molecule has 0 saturated heterocycles. The third kappa shape index (κ3) is 3.28. The average Bonchev–Trinajstić information content (AvgIpc) is 2.63. The Balaban J connectivity index is 1.50. The predicted octanol–water partition coefficient (Wildman–Crippen LogP) is 2.84. The summed E-state index contributed by atoms with van der Waals surface area (Å²) in [6.45, 7) is 3.92. The minimum absolute atomic E-state index is 0.0507. The van der Waals surface area contributed by atoms with Crippen LogP contribution in [0.15, 0.2) is 47.4 Å². The number of hydrogen-bond donors (Lipinski definition) is 1. The number of aromatic amines is 1. The highest BCUT2D eigenvalue weighted by Gasteiger charge is 2.20. The maximum absolute atomic E-state index is 13.9. The summed E-state index contributed by atoms with van der Waals surface area (Å²) in [5.41, 5.74) is 3.74. The largest absolute Gasteiger partial charge is 0.310 e. The first-order valence-electron chi connectivity index (χ1n) is 8.61. The number of rotatable bonds is 3. The number of nitrogens with one attached hydrogen (secondary N) is 1. The number of pyridine rings is 1. The predicted molar refractivity (Wildman–Crippen MR) is 97.0 cm³/mol. The lowest BCUT2D eigenvalue weighted by Gasteiger charge is -2.27. The molecule has 3 aromatic rings. The molecule has 1 aromatic carbocycles. The van der Waals surface area contributed by atoms with Gasteiger partial charge in [0.2, 0.25) is 0 Å². The highest BCUT2D eigenvalue weighted by Crippen LogP contribution is 2.21. The van der Waals surface area contributed by atoms with Crippen molar-refractivity contribution in [1.29, 1.82) is 0 Å². The standard InChI is InChI=1S/C20H19FN4O/c1-13-23-19-8-9-25(12-16(19)20(26)24-13)11-14-6-7-18(22-10-14)15-4-2-3-5-17(15)21/h2-7,10H,8-9,11-12H2,1H3,(H,23,24,26). The first-order valence-corrected chi connectivity index (χ1v) is 8.61. The van der Waals surface area contributed by atoms with E-state index in [1.54, 1.807) is 31.3 Å². The zero-order chi connectivity index (χ0) is 18.1. The molecule has 4 rings (SSSR count). The van der Waals surface area contributed by atoms with Crippen LogP contribution >= 0.6 is 0 Å². The smallest absolute Gasteiger partial charge is 0.255 e. The van der Waals surface area contributed by atoms with Gasteiger partial charge in [0, 0.05) is 37.8 Å². The number of aromatic nitrogens is 3. The van der Waals surface area contributed by atoms with Gasteiger partial charge in [0.05, 0.1) is 17.0 Å². The number of benzene rings is 1. The van der Waals surface area contributed by atoms with E-state index in [0.717, 1.165) is 29.8 Å². The Morgan fingerprint density at radius 3 is 2.85 bits per heavy atom. The van der Waals surface area contributed by atoms with Gasteiger partial charge in [-0.25, -0.2) is 9.37 Å². The van der Waals surface area contributed by atoms with Crippen molar-refractivity contribution in [3.8, 4) is 11.3 Å². The van der Waals surface area contributed by atoms with E-state index < -0.39 is 0 Å². The van der Waals surface area contributed by atoms with Crippen molar-refractivity contribution in [2.24, 2.45) is 0 Å². The number of fused-ring (bicyclic) bond motifs is 1. The van der Waals surface area contributed by atoms with E-state index in [4.69, 9.17) is 0 Å². The molecule has 3 heterocycles. The van der Waals surface area contributed by atoms with Gasteiger partial charge in [-0.1, -0.05) is 18.2 Å². The third-order valence-electron chi connectivity index (χ3n) is 4.65. The fraction of sp³-hybridized carbons (Fsp3) is 0.250. The monoisotopic (exact) mass is 350 g/mol. The number of aryl methyl sites for hydroxylation is 1. The van der Waals surface area contributed by atoms with Crippen LogP contribution in [-0.4, -0.2) is 26.4 Å². The van der Waals surface area contributed by atoms with Gasteiger partial charge >= 0.3 is 0 Å². The van der Waals surface area contributed by atoms with Gasteiger partial charge in [0.25, 0.3) is 5.56 Å². The molecule has 1 N–H and O–H groups in total. The first kappa shape index (κ1) is 16.6. The third-order valence-corrected chi connectivity index (χ3v) is 4.65. The Hall–Kier alpha value is -2.86. The van der Waals surface area contributed by atoms with Crippen molar-refractivity contribution >= 4 is 0 Å². The molecule has 132 valence electrons. The molecule has 6 heteroatoms. The highest BCUT2D eigenvalue weighted by molar-refractivity contribution is 5.59. The van der Waals surface area contributed by atoms with Crippen LogP contribution in [-0.2, 0) is 19.5 Å². The van der Waals surface area contributed by atoms with Gasteiger partial charge in [-0.2, -0.15) is 0 Å². The van der Waals surface area contributed by atoms with Crippen molar-refractivity contribution in [2.45, 2.75) is 26.4 Å². The molecule has 0 amide bonds. The Kier molecular flexibility index (Phi) is 4.34. The molecule has 0 radical (unpaired) electrons. The second kappa shape index (κ2) is 6.80. The second-order valence-corrected chi connectivity index (χ2v) is 6.57. The highest BCUT2D eigenvalue weighted by atomic mass is 19.1. The van der Waals surface area contributed by atoms with Crippen molar-refractivity contribution < 1.29 is 4.39 Å². The lowest BCUT2D eigenvalue weighted by Crippen LogP contribution is -2.35. The van der Waals surface area contributed by atoms with Crippen LogP contribution in [0.2, 0.25) is 0 Å². The fourth-order valence-electron chi connectivity index (χ4n) is 3.34. The molecule has 0 bridgehead atoms. The molecular formula is C20H19FN4O. The van der Waals surface area contributed by atoms with E-state index in [9.17, 15) is 9.18 Å². The lowest BCUT2D eigenvalue weighted by atomic mass is 10.1. The van der Waals surface area contributed by atoms with E-state index in [1.807, 2.05) is 12.1 Å². The first-order chi connectivity index (χ1) is 12.6. The summed E-state index contributed by atoms with van der Waals surface area (Å²) in [5, 5.41) is 0. The summed E-state index contributed by atoms with van der Waals surface area (Å²) in [4.78, 5) is 26.0. The van der Waals surface area contributed by atoms with Gasteiger partial charge in [0.15, 0.2) is 0 Å². The SMILES string of the molecule is Cc1nc2c(c(=O)[nH]1)CN(Cc1ccc(-c3ccccc3F)nc1)CC2. The molecule has 0 aliphatic carbocycles. The zero-order valence-electron chi connectivity index (χ0n) is 14.5. The van der Waals surface area contributed by atoms with Crippen molar-refractivity contribution in [3.05, 3.63) is 81.4 Å². The molecule has 0 spiro atoms. The number of halogens is 1. The van der Waals surface area contributed by atoms with E-state index in [0.29, 0.717) is 30.2 Å². The molecule has 0 atom stereocenters. The summed E-state index contributed by atoms with van der Waals surface area (Å²) in [7, 11) is 0. The summed E-state index contributed by atoms with van der Waals surface area (Å²) in [6.07, 6.45) is 2.54. The van der Waals surface area contributed by atoms with E-state index in [2.05, 4.69) is 19.9 Å². The molecule has 0 saturated carbocycles. The maximum Gasteiger partial charge on any atom is 0.255 e. The van der Waals surface area contributed by atoms with Crippen LogP contribution in [0.25, 0.3) is 11.3 Å². The Morgan fingerprint density at radius 2 is 2.08 bits per heavy atom. The van der Waals surface area contributed by atoms with Crippen LogP contribution in [0.3, 0.4) is 0 Å². The van der Waals surface area contributed by atoms with Gasteiger partial charge in [-0.15, -0.1) is 0 Å². The molecule has 26 heavy (non-hydrogen) atoms. The average molecular weight is 350 g/mol. The quantitative estimate of drug-likeness (QED) is 0.789. The van der Waals surface area contributed by atoms with Crippen LogP contribution < -0.4 is 5.56 Å². The minimum Gasteiger partial charge on any atom is -0.310 e. The summed E-state index contributed by atoms with van der Waals surface area (Å²) < 4.78 is 13.9. The number of nitrogens with zero attached hydrogens (tertiary/aromatic N) is 3. The minimum atomic E-state index is -0.276. The molecule has 1 aliphatic heterocycles. The molecular weight excluding hydrogens is 331 g/mol.